The summed E-state index contributed by atoms with van der Waals surface area (Å²) in [6.07, 6.45) is 7.72. The highest BCUT2D eigenvalue weighted by molar-refractivity contribution is 5.81. The molecule has 2 amide bonds. The first-order chi connectivity index (χ1) is 11.1. The second kappa shape index (κ2) is 6.48. The summed E-state index contributed by atoms with van der Waals surface area (Å²) in [6.45, 7) is 0.703. The lowest BCUT2D eigenvalue weighted by Crippen LogP contribution is -2.46. The van der Waals surface area contributed by atoms with Gasteiger partial charge in [-0.1, -0.05) is 19.3 Å². The lowest BCUT2D eigenvalue weighted by molar-refractivity contribution is -0.123. The van der Waals surface area contributed by atoms with Crippen LogP contribution in [0, 0.1) is 28.6 Å². The molecule has 0 aromatic carbocycles. The van der Waals surface area contributed by atoms with E-state index in [0.29, 0.717) is 13.0 Å². The molecule has 4 atom stereocenters. The van der Waals surface area contributed by atoms with Crippen molar-refractivity contribution in [2.75, 3.05) is 6.54 Å². The van der Waals surface area contributed by atoms with Gasteiger partial charge in [-0.2, -0.15) is 5.26 Å². The van der Waals surface area contributed by atoms with E-state index in [-0.39, 0.29) is 41.1 Å². The molecule has 1 saturated carbocycles. The monoisotopic (exact) mass is 318 g/mol. The molecule has 4 N–H and O–H groups in total. The largest absolute Gasteiger partial charge is 0.368 e. The molecule has 3 rings (SSSR count). The van der Waals surface area contributed by atoms with Gasteiger partial charge in [0, 0.05) is 18.5 Å². The quantitative estimate of drug-likeness (QED) is 0.713. The maximum Gasteiger partial charge on any atom is 0.234 e. The molecule has 0 aromatic heterocycles. The van der Waals surface area contributed by atoms with Crippen molar-refractivity contribution >= 4 is 11.8 Å². The summed E-state index contributed by atoms with van der Waals surface area (Å²) in [5.41, 5.74) is 5.52. The minimum Gasteiger partial charge on any atom is -0.368 e. The van der Waals surface area contributed by atoms with Gasteiger partial charge in [-0.15, -0.1) is 0 Å². The number of carbonyl (C=O) groups is 2. The van der Waals surface area contributed by atoms with Crippen molar-refractivity contribution in [3.63, 3.8) is 0 Å². The van der Waals surface area contributed by atoms with Crippen LogP contribution in [-0.2, 0) is 9.59 Å². The summed E-state index contributed by atoms with van der Waals surface area (Å²) < 4.78 is 0. The molecule has 0 radical (unpaired) electrons. The topological polar surface area (TPSA) is 108 Å². The van der Waals surface area contributed by atoms with Gasteiger partial charge in [-0.25, -0.2) is 0 Å². The van der Waals surface area contributed by atoms with Crippen molar-refractivity contribution in [2.24, 2.45) is 23.0 Å². The molecule has 6 nitrogen and oxygen atoms in total. The highest BCUT2D eigenvalue weighted by atomic mass is 16.2. The van der Waals surface area contributed by atoms with E-state index in [1.54, 1.807) is 0 Å². The van der Waals surface area contributed by atoms with Crippen LogP contribution in [0.1, 0.15) is 51.4 Å². The number of nitriles is 1. The third kappa shape index (κ3) is 3.07. The van der Waals surface area contributed by atoms with Crippen molar-refractivity contribution in [2.45, 2.75) is 63.5 Å². The van der Waals surface area contributed by atoms with Crippen LogP contribution >= 0.6 is 0 Å². The Bertz CT molecular complexity index is 521. The summed E-state index contributed by atoms with van der Waals surface area (Å²) in [7, 11) is 0. The first-order valence-electron chi connectivity index (χ1n) is 8.78. The normalized spacial score (nSPS) is 34.0. The molecular formula is C17H26N4O2. The second-order valence-electron chi connectivity index (χ2n) is 7.47. The Kier molecular flexibility index (Phi) is 4.58. The summed E-state index contributed by atoms with van der Waals surface area (Å²) >= 11 is 0. The van der Waals surface area contributed by atoms with Gasteiger partial charge in [0.25, 0.3) is 0 Å². The minimum atomic E-state index is -0.341. The zero-order valence-electron chi connectivity index (χ0n) is 13.5. The molecule has 6 heteroatoms. The van der Waals surface area contributed by atoms with Gasteiger partial charge in [0.15, 0.2) is 0 Å². The molecule has 0 bridgehead atoms. The Morgan fingerprint density at radius 2 is 2.13 bits per heavy atom. The van der Waals surface area contributed by atoms with Crippen molar-refractivity contribution in [3.05, 3.63) is 0 Å². The number of hydrogen-bond acceptors (Lipinski definition) is 4. The van der Waals surface area contributed by atoms with Gasteiger partial charge in [0.05, 0.1) is 18.0 Å². The molecule has 0 aromatic rings. The zero-order valence-corrected chi connectivity index (χ0v) is 13.5. The van der Waals surface area contributed by atoms with Crippen LogP contribution in [0.15, 0.2) is 0 Å². The lowest BCUT2D eigenvalue weighted by atomic mass is 9.64. The maximum atomic E-state index is 11.9. The van der Waals surface area contributed by atoms with Crippen LogP contribution in [0.25, 0.3) is 0 Å². The predicted octanol–water partition coefficient (Wildman–Crippen LogP) is 0.819. The Hall–Kier alpha value is -1.61. The zero-order chi connectivity index (χ0) is 16.4. The van der Waals surface area contributed by atoms with Crippen molar-refractivity contribution in [1.29, 1.82) is 5.26 Å². The summed E-state index contributed by atoms with van der Waals surface area (Å²) in [6, 6.07) is 2.06. The van der Waals surface area contributed by atoms with Gasteiger partial charge < -0.3 is 16.4 Å². The van der Waals surface area contributed by atoms with Gasteiger partial charge in [-0.05, 0) is 37.5 Å². The number of nitrogens with one attached hydrogen (secondary N) is 2. The Morgan fingerprint density at radius 1 is 1.39 bits per heavy atom. The molecule has 1 aliphatic carbocycles. The number of rotatable bonds is 4. The summed E-state index contributed by atoms with van der Waals surface area (Å²) in [5.74, 6) is -0.582. The molecule has 2 saturated heterocycles. The standard InChI is InChI=1S/C17H26N4O2/c18-10-12(8-11-4-7-20-16(11)23)14-17(5-2-1-3-6-17)9-13(21-14)15(19)22/h11-14,21H,1-9H2,(H2,19,22)(H,20,23)/t11-,12-,13?,14?/m1/s1. The van der Waals surface area contributed by atoms with Crippen LogP contribution in [0.2, 0.25) is 0 Å². The number of nitrogens with two attached hydrogens (primary N) is 1. The van der Waals surface area contributed by atoms with E-state index in [1.165, 1.54) is 6.42 Å². The predicted molar refractivity (Wildman–Crippen MR) is 84.9 cm³/mol. The second-order valence-corrected chi connectivity index (χ2v) is 7.47. The van der Waals surface area contributed by atoms with E-state index in [9.17, 15) is 14.9 Å². The van der Waals surface area contributed by atoms with Gasteiger partial charge in [-0.3, -0.25) is 9.59 Å². The fraction of sp³-hybridized carbons (Fsp3) is 0.824. The Labute approximate surface area is 137 Å². The van der Waals surface area contributed by atoms with Crippen LogP contribution in [0.4, 0.5) is 0 Å². The number of nitrogens with zero attached hydrogens (tertiary/aromatic N) is 1. The molecule has 2 aliphatic heterocycles. The van der Waals surface area contributed by atoms with Gasteiger partial charge >= 0.3 is 0 Å². The molecule has 2 heterocycles. The van der Waals surface area contributed by atoms with E-state index in [0.717, 1.165) is 38.5 Å². The van der Waals surface area contributed by atoms with Crippen molar-refractivity contribution in [1.82, 2.24) is 10.6 Å². The van der Waals surface area contributed by atoms with Crippen molar-refractivity contribution < 1.29 is 9.59 Å². The highest BCUT2D eigenvalue weighted by Crippen LogP contribution is 2.49. The van der Waals surface area contributed by atoms with Crippen LogP contribution in [0.3, 0.4) is 0 Å². The highest BCUT2D eigenvalue weighted by Gasteiger charge is 2.52. The van der Waals surface area contributed by atoms with Gasteiger partial charge in [0.2, 0.25) is 11.8 Å². The fourth-order valence-corrected chi connectivity index (χ4v) is 4.92. The molecule has 2 unspecified atom stereocenters. The number of primary amides is 1. The van der Waals surface area contributed by atoms with E-state index in [1.807, 2.05) is 0 Å². The minimum absolute atomic E-state index is 0.00652. The lowest BCUT2D eigenvalue weighted by Gasteiger charge is -2.40. The first-order valence-corrected chi connectivity index (χ1v) is 8.78. The van der Waals surface area contributed by atoms with E-state index < -0.39 is 0 Å². The van der Waals surface area contributed by atoms with E-state index in [2.05, 4.69) is 16.7 Å². The SMILES string of the molecule is N#C[C@@H](C[C@H]1CCNC1=O)C1NC(C(N)=O)CC12CCCCC2. The molecule has 126 valence electrons. The number of carbonyl (C=O) groups excluding carboxylic acids is 2. The van der Waals surface area contributed by atoms with E-state index in [4.69, 9.17) is 5.73 Å². The average molecular weight is 318 g/mol. The Balaban J connectivity index is 1.79. The number of hydrogen-bond donors (Lipinski definition) is 3. The molecule has 23 heavy (non-hydrogen) atoms. The van der Waals surface area contributed by atoms with E-state index >= 15 is 0 Å². The van der Waals surface area contributed by atoms with Crippen LogP contribution in [-0.4, -0.2) is 30.4 Å². The van der Waals surface area contributed by atoms with Crippen molar-refractivity contribution in [3.8, 4) is 6.07 Å². The molecule has 3 fully saturated rings. The molecule has 3 aliphatic rings. The van der Waals surface area contributed by atoms with Crippen LogP contribution < -0.4 is 16.4 Å². The first kappa shape index (κ1) is 16.3. The Morgan fingerprint density at radius 3 is 2.70 bits per heavy atom. The molecule has 1 spiro atoms. The smallest absolute Gasteiger partial charge is 0.234 e. The number of amides is 2. The summed E-state index contributed by atoms with van der Waals surface area (Å²) in [4.78, 5) is 23.6. The summed E-state index contributed by atoms with van der Waals surface area (Å²) in [5, 5.41) is 15.9. The third-order valence-corrected chi connectivity index (χ3v) is 6.11. The average Bonchev–Trinajstić information content (AvgIpc) is 3.10. The molecular weight excluding hydrogens is 292 g/mol. The van der Waals surface area contributed by atoms with Gasteiger partial charge in [0.1, 0.15) is 0 Å². The van der Waals surface area contributed by atoms with Crippen LogP contribution in [0.5, 0.6) is 0 Å². The third-order valence-electron chi connectivity index (χ3n) is 6.11. The maximum absolute atomic E-state index is 11.9. The fourth-order valence-electron chi connectivity index (χ4n) is 4.92.